The third kappa shape index (κ3) is 3.73. The van der Waals surface area contributed by atoms with Crippen LogP contribution in [0.5, 0.6) is 0 Å². The number of urea groups is 1. The van der Waals surface area contributed by atoms with Crippen molar-refractivity contribution < 1.29 is 9.21 Å². The van der Waals surface area contributed by atoms with Crippen molar-refractivity contribution in [3.8, 4) is 0 Å². The fourth-order valence-electron chi connectivity index (χ4n) is 3.04. The van der Waals surface area contributed by atoms with E-state index in [-0.39, 0.29) is 6.03 Å². The molecular weight excluding hydrogens is 396 g/mol. The normalized spacial score (nSPS) is 15.3. The number of benzene rings is 2. The Labute approximate surface area is 159 Å². The van der Waals surface area contributed by atoms with E-state index in [0.717, 1.165) is 40.2 Å². The second-order valence-corrected chi connectivity index (χ2v) is 7.10. The fourth-order valence-corrected chi connectivity index (χ4v) is 3.43. The van der Waals surface area contributed by atoms with Crippen LogP contribution in [0.25, 0.3) is 11.1 Å². The lowest BCUT2D eigenvalue weighted by Gasteiger charge is -2.34. The first-order valence-corrected chi connectivity index (χ1v) is 9.35. The number of nitrogens with zero attached hydrogens (tertiary/aromatic N) is 3. The zero-order valence-corrected chi connectivity index (χ0v) is 15.8. The van der Waals surface area contributed by atoms with Crippen LogP contribution in [0.1, 0.15) is 5.89 Å². The van der Waals surface area contributed by atoms with E-state index in [1.807, 2.05) is 53.4 Å². The number of para-hydroxylation sites is 3. The van der Waals surface area contributed by atoms with Gasteiger partial charge >= 0.3 is 6.03 Å². The van der Waals surface area contributed by atoms with Gasteiger partial charge in [0.25, 0.3) is 0 Å². The van der Waals surface area contributed by atoms with Gasteiger partial charge in [0.15, 0.2) is 5.58 Å². The lowest BCUT2D eigenvalue weighted by molar-refractivity contribution is 0.136. The quantitative estimate of drug-likeness (QED) is 0.704. The number of amides is 2. The van der Waals surface area contributed by atoms with Crippen LogP contribution in [0, 0.1) is 0 Å². The maximum atomic E-state index is 12.4. The van der Waals surface area contributed by atoms with Gasteiger partial charge in [0, 0.05) is 30.7 Å². The van der Waals surface area contributed by atoms with E-state index in [4.69, 9.17) is 4.42 Å². The summed E-state index contributed by atoms with van der Waals surface area (Å²) in [7, 11) is 0. The monoisotopic (exact) mass is 414 g/mol. The minimum Gasteiger partial charge on any atom is -0.439 e. The van der Waals surface area contributed by atoms with Gasteiger partial charge < -0.3 is 14.6 Å². The molecule has 0 unspecified atom stereocenters. The number of rotatable bonds is 3. The van der Waals surface area contributed by atoms with Crippen molar-refractivity contribution in [3.63, 3.8) is 0 Å². The number of hydrogen-bond donors (Lipinski definition) is 1. The second-order valence-electron chi connectivity index (χ2n) is 6.25. The Morgan fingerprint density at radius 1 is 1.08 bits per heavy atom. The van der Waals surface area contributed by atoms with Crippen LogP contribution in [0.3, 0.4) is 0 Å². The van der Waals surface area contributed by atoms with Crippen LogP contribution in [0.2, 0.25) is 0 Å². The van der Waals surface area contributed by atoms with E-state index < -0.39 is 0 Å². The standard InChI is InChI=1S/C19H19BrN4O2/c20-14-5-1-2-6-15(14)22-19(25)24-11-9-23(10-12-24)13-18-21-16-7-3-4-8-17(16)26-18/h1-8H,9-13H2,(H,22,25). The molecule has 1 aromatic heterocycles. The summed E-state index contributed by atoms with van der Waals surface area (Å²) in [6, 6.07) is 15.3. The SMILES string of the molecule is O=C(Nc1ccccc1Br)N1CCN(Cc2nc3ccccc3o2)CC1. The number of anilines is 1. The zero-order valence-electron chi connectivity index (χ0n) is 14.2. The minimum atomic E-state index is -0.0709. The van der Waals surface area contributed by atoms with E-state index in [1.54, 1.807) is 0 Å². The van der Waals surface area contributed by atoms with Gasteiger partial charge in [-0.25, -0.2) is 9.78 Å². The van der Waals surface area contributed by atoms with Crippen LogP contribution < -0.4 is 5.32 Å². The molecule has 1 aliphatic heterocycles. The predicted octanol–water partition coefficient (Wildman–Crippen LogP) is 3.94. The average molecular weight is 415 g/mol. The van der Waals surface area contributed by atoms with Gasteiger partial charge in [-0.1, -0.05) is 24.3 Å². The van der Waals surface area contributed by atoms with Crippen molar-refractivity contribution in [2.75, 3.05) is 31.5 Å². The smallest absolute Gasteiger partial charge is 0.321 e. The van der Waals surface area contributed by atoms with Crippen molar-refractivity contribution in [1.29, 1.82) is 0 Å². The Morgan fingerprint density at radius 2 is 1.81 bits per heavy atom. The average Bonchev–Trinajstić information content (AvgIpc) is 3.06. The van der Waals surface area contributed by atoms with Crippen LogP contribution >= 0.6 is 15.9 Å². The molecular formula is C19H19BrN4O2. The van der Waals surface area contributed by atoms with Gasteiger partial charge in [0.05, 0.1) is 12.2 Å². The molecule has 26 heavy (non-hydrogen) atoms. The summed E-state index contributed by atoms with van der Waals surface area (Å²) in [4.78, 5) is 21.1. The summed E-state index contributed by atoms with van der Waals surface area (Å²) in [6.45, 7) is 3.60. The molecule has 0 aliphatic carbocycles. The zero-order chi connectivity index (χ0) is 17.9. The Hall–Kier alpha value is -2.38. The number of carbonyl (C=O) groups excluding carboxylic acids is 1. The Morgan fingerprint density at radius 3 is 2.58 bits per heavy atom. The maximum Gasteiger partial charge on any atom is 0.321 e. The van der Waals surface area contributed by atoms with Crippen molar-refractivity contribution in [2.24, 2.45) is 0 Å². The topological polar surface area (TPSA) is 61.6 Å². The molecule has 0 bridgehead atoms. The second kappa shape index (κ2) is 7.47. The lowest BCUT2D eigenvalue weighted by Crippen LogP contribution is -2.49. The summed E-state index contributed by atoms with van der Waals surface area (Å²) < 4.78 is 6.66. The van der Waals surface area contributed by atoms with E-state index in [1.165, 1.54) is 0 Å². The highest BCUT2D eigenvalue weighted by Crippen LogP contribution is 2.22. The predicted molar refractivity (Wildman–Crippen MR) is 104 cm³/mol. The molecule has 0 radical (unpaired) electrons. The molecule has 2 aromatic carbocycles. The summed E-state index contributed by atoms with van der Waals surface area (Å²) in [5.74, 6) is 0.720. The lowest BCUT2D eigenvalue weighted by atomic mass is 10.3. The maximum absolute atomic E-state index is 12.4. The number of aromatic nitrogens is 1. The molecule has 3 aromatic rings. The summed E-state index contributed by atoms with van der Waals surface area (Å²) in [6.07, 6.45) is 0. The van der Waals surface area contributed by atoms with Crippen LogP contribution in [-0.4, -0.2) is 47.0 Å². The van der Waals surface area contributed by atoms with Crippen molar-refractivity contribution >= 4 is 38.7 Å². The molecule has 1 saturated heterocycles. The molecule has 1 aliphatic rings. The first-order valence-electron chi connectivity index (χ1n) is 8.56. The largest absolute Gasteiger partial charge is 0.439 e. The molecule has 6 nitrogen and oxygen atoms in total. The molecule has 1 N–H and O–H groups in total. The number of carbonyl (C=O) groups is 1. The third-order valence-electron chi connectivity index (χ3n) is 4.47. The van der Waals surface area contributed by atoms with Gasteiger partial charge in [0.2, 0.25) is 5.89 Å². The fraction of sp³-hybridized carbons (Fsp3) is 0.263. The summed E-state index contributed by atoms with van der Waals surface area (Å²) >= 11 is 3.45. The minimum absolute atomic E-state index is 0.0709. The summed E-state index contributed by atoms with van der Waals surface area (Å²) in [5, 5.41) is 2.95. The Kier molecular flexibility index (Phi) is 4.90. The van der Waals surface area contributed by atoms with E-state index in [2.05, 4.69) is 31.1 Å². The molecule has 1 fully saturated rings. The highest BCUT2D eigenvalue weighted by atomic mass is 79.9. The number of halogens is 1. The molecule has 0 spiro atoms. The van der Waals surface area contributed by atoms with E-state index in [0.29, 0.717) is 19.6 Å². The number of hydrogen-bond acceptors (Lipinski definition) is 4. The number of piperazine rings is 1. The van der Waals surface area contributed by atoms with E-state index in [9.17, 15) is 4.79 Å². The first-order chi connectivity index (χ1) is 12.7. The van der Waals surface area contributed by atoms with Crippen LogP contribution in [0.4, 0.5) is 10.5 Å². The molecule has 7 heteroatoms. The van der Waals surface area contributed by atoms with E-state index >= 15 is 0 Å². The first kappa shape index (κ1) is 17.1. The van der Waals surface area contributed by atoms with Crippen molar-refractivity contribution in [2.45, 2.75) is 6.54 Å². The summed E-state index contributed by atoms with van der Waals surface area (Å²) in [5.41, 5.74) is 2.48. The number of fused-ring (bicyclic) bond motifs is 1. The van der Waals surface area contributed by atoms with Crippen molar-refractivity contribution in [1.82, 2.24) is 14.8 Å². The highest BCUT2D eigenvalue weighted by molar-refractivity contribution is 9.10. The highest BCUT2D eigenvalue weighted by Gasteiger charge is 2.22. The van der Waals surface area contributed by atoms with Crippen LogP contribution in [0.15, 0.2) is 57.4 Å². The molecule has 0 saturated carbocycles. The Bertz CT molecular complexity index is 886. The number of oxazole rings is 1. The van der Waals surface area contributed by atoms with Gasteiger partial charge in [-0.3, -0.25) is 4.90 Å². The van der Waals surface area contributed by atoms with Crippen LogP contribution in [-0.2, 0) is 6.54 Å². The molecule has 2 heterocycles. The third-order valence-corrected chi connectivity index (χ3v) is 5.16. The molecule has 4 rings (SSSR count). The van der Waals surface area contributed by atoms with Gasteiger partial charge in [-0.05, 0) is 40.2 Å². The van der Waals surface area contributed by atoms with Gasteiger partial charge in [-0.2, -0.15) is 0 Å². The molecule has 134 valence electrons. The number of nitrogens with one attached hydrogen (secondary N) is 1. The Balaban J connectivity index is 1.32. The van der Waals surface area contributed by atoms with Gasteiger partial charge in [0.1, 0.15) is 5.52 Å². The van der Waals surface area contributed by atoms with Gasteiger partial charge in [-0.15, -0.1) is 0 Å². The van der Waals surface area contributed by atoms with Crippen molar-refractivity contribution in [3.05, 3.63) is 58.9 Å². The molecule has 2 amide bonds. The molecule has 0 atom stereocenters.